The SMILES string of the molecule is O=C(O[C@H]1CC[NH+](C[C@H](c2ccccc2)N(C(=O)OCc2ccccc2)S(=O)(=O)O)C1)c1ccccc1. The molecule has 37 heavy (non-hydrogen) atoms. The largest absolute Gasteiger partial charge is 0.453 e. The van der Waals surface area contributed by atoms with Gasteiger partial charge in [0, 0.05) is 6.42 Å². The van der Waals surface area contributed by atoms with E-state index in [-0.39, 0.29) is 19.3 Å². The normalized spacial score (nSPS) is 18.1. The minimum absolute atomic E-state index is 0.152. The fourth-order valence-electron chi connectivity index (χ4n) is 4.42. The van der Waals surface area contributed by atoms with Crippen molar-refractivity contribution in [2.45, 2.75) is 25.2 Å². The number of ether oxygens (including phenoxy) is 2. The highest BCUT2D eigenvalue weighted by Gasteiger charge is 2.40. The molecule has 0 spiro atoms. The molecule has 1 fully saturated rings. The molecule has 0 aromatic heterocycles. The van der Waals surface area contributed by atoms with Gasteiger partial charge in [0.15, 0.2) is 6.10 Å². The van der Waals surface area contributed by atoms with Crippen molar-refractivity contribution in [2.75, 3.05) is 19.6 Å². The molecule has 3 atom stereocenters. The zero-order valence-corrected chi connectivity index (χ0v) is 20.9. The van der Waals surface area contributed by atoms with E-state index in [9.17, 15) is 22.6 Å². The van der Waals surface area contributed by atoms with Gasteiger partial charge in [-0.2, -0.15) is 12.7 Å². The van der Waals surface area contributed by atoms with Crippen molar-refractivity contribution >= 4 is 22.4 Å². The first-order chi connectivity index (χ1) is 17.8. The fraction of sp³-hybridized carbons (Fsp3) is 0.259. The average Bonchev–Trinajstić information content (AvgIpc) is 3.34. The van der Waals surface area contributed by atoms with E-state index in [1.807, 2.05) is 12.1 Å². The van der Waals surface area contributed by atoms with Crippen molar-refractivity contribution < 1.29 is 36.9 Å². The van der Waals surface area contributed by atoms with E-state index >= 15 is 0 Å². The Morgan fingerprint density at radius 2 is 1.54 bits per heavy atom. The van der Waals surface area contributed by atoms with Crippen LogP contribution in [0.5, 0.6) is 0 Å². The van der Waals surface area contributed by atoms with E-state index in [1.54, 1.807) is 78.9 Å². The number of carbonyl (C=O) groups excluding carboxylic acids is 2. The first kappa shape index (κ1) is 26.3. The predicted molar refractivity (Wildman–Crippen MR) is 135 cm³/mol. The molecule has 2 N–H and O–H groups in total. The van der Waals surface area contributed by atoms with Crippen LogP contribution >= 0.6 is 0 Å². The number of nitrogens with zero attached hydrogens (tertiary/aromatic N) is 1. The van der Waals surface area contributed by atoms with E-state index in [1.165, 1.54) is 0 Å². The highest BCUT2D eigenvalue weighted by Crippen LogP contribution is 2.24. The van der Waals surface area contributed by atoms with Crippen molar-refractivity contribution in [1.29, 1.82) is 0 Å². The van der Waals surface area contributed by atoms with Gasteiger partial charge in [0.05, 0.1) is 12.1 Å². The first-order valence-electron chi connectivity index (χ1n) is 11.9. The second kappa shape index (κ2) is 12.0. The topological polar surface area (TPSA) is 115 Å². The highest BCUT2D eigenvalue weighted by atomic mass is 32.2. The summed E-state index contributed by atoms with van der Waals surface area (Å²) in [5.41, 5.74) is 1.65. The number of quaternary nitrogens is 1. The summed E-state index contributed by atoms with van der Waals surface area (Å²) < 4.78 is 46.3. The van der Waals surface area contributed by atoms with Gasteiger partial charge in [0.2, 0.25) is 0 Å². The standard InChI is InChI=1S/C27H28N2O7S/c30-26(23-14-8-3-9-15-23)36-24-16-17-28(18-24)19-25(22-12-6-2-7-13-22)29(37(32,33)34)27(31)35-20-21-10-4-1-5-11-21/h1-15,24-25H,16-20H2,(H,32,33,34)/p+1/t24-,25+/m0/s1. The van der Waals surface area contributed by atoms with Gasteiger partial charge in [-0.15, -0.1) is 0 Å². The second-order valence-electron chi connectivity index (χ2n) is 8.83. The van der Waals surface area contributed by atoms with Gasteiger partial charge < -0.3 is 14.4 Å². The summed E-state index contributed by atoms with van der Waals surface area (Å²) in [6.07, 6.45) is -0.950. The number of benzene rings is 3. The summed E-state index contributed by atoms with van der Waals surface area (Å²) in [5.74, 6) is -0.421. The van der Waals surface area contributed by atoms with Crippen LogP contribution in [0.15, 0.2) is 91.0 Å². The second-order valence-corrected chi connectivity index (χ2v) is 10.1. The van der Waals surface area contributed by atoms with Crippen molar-refractivity contribution in [3.8, 4) is 0 Å². The van der Waals surface area contributed by atoms with Crippen LogP contribution in [0.25, 0.3) is 0 Å². The number of hydrogen-bond donors (Lipinski definition) is 2. The van der Waals surface area contributed by atoms with Gasteiger partial charge in [-0.25, -0.2) is 9.59 Å². The lowest BCUT2D eigenvalue weighted by atomic mass is 10.1. The zero-order valence-electron chi connectivity index (χ0n) is 20.1. The maximum Gasteiger partial charge on any atom is 0.426 e. The Morgan fingerprint density at radius 3 is 2.16 bits per heavy atom. The van der Waals surface area contributed by atoms with Crippen LogP contribution < -0.4 is 4.90 Å². The molecule has 4 rings (SSSR count). The lowest BCUT2D eigenvalue weighted by Gasteiger charge is -2.29. The van der Waals surface area contributed by atoms with Crippen LogP contribution in [0, 0.1) is 0 Å². The quantitative estimate of drug-likeness (QED) is 0.326. The molecule has 0 saturated carbocycles. The molecule has 9 nitrogen and oxygen atoms in total. The van der Waals surface area contributed by atoms with E-state index < -0.39 is 28.4 Å². The van der Waals surface area contributed by atoms with Crippen LogP contribution in [0.4, 0.5) is 4.79 Å². The van der Waals surface area contributed by atoms with Crippen molar-refractivity contribution in [3.05, 3.63) is 108 Å². The van der Waals surface area contributed by atoms with Gasteiger partial charge in [-0.1, -0.05) is 78.9 Å². The summed E-state index contributed by atoms with van der Waals surface area (Å²) >= 11 is 0. The molecule has 1 heterocycles. The van der Waals surface area contributed by atoms with Crippen LogP contribution in [0.2, 0.25) is 0 Å². The van der Waals surface area contributed by atoms with Gasteiger partial charge in [-0.3, -0.25) is 4.55 Å². The van der Waals surface area contributed by atoms with E-state index in [2.05, 4.69) is 0 Å². The molecular weight excluding hydrogens is 496 g/mol. The molecule has 1 unspecified atom stereocenters. The maximum atomic E-state index is 13.0. The molecule has 0 aliphatic carbocycles. The molecule has 10 heteroatoms. The third-order valence-corrected chi connectivity index (χ3v) is 7.10. The summed E-state index contributed by atoms with van der Waals surface area (Å²) in [7, 11) is -4.97. The lowest BCUT2D eigenvalue weighted by Crippen LogP contribution is -3.11. The number of amides is 1. The minimum Gasteiger partial charge on any atom is -0.453 e. The number of carbonyl (C=O) groups is 2. The number of esters is 1. The van der Waals surface area contributed by atoms with Gasteiger partial charge in [-0.05, 0) is 23.3 Å². The van der Waals surface area contributed by atoms with E-state index in [0.29, 0.717) is 40.5 Å². The molecule has 3 aromatic carbocycles. The number of rotatable bonds is 9. The highest BCUT2D eigenvalue weighted by molar-refractivity contribution is 7.84. The Hall–Kier alpha value is -3.73. The van der Waals surface area contributed by atoms with Crippen molar-refractivity contribution in [3.63, 3.8) is 0 Å². The Balaban J connectivity index is 1.49. The summed E-state index contributed by atoms with van der Waals surface area (Å²) in [4.78, 5) is 26.4. The van der Waals surface area contributed by atoms with Gasteiger partial charge in [0.25, 0.3) is 0 Å². The van der Waals surface area contributed by atoms with E-state index in [0.717, 1.165) is 4.90 Å². The monoisotopic (exact) mass is 525 g/mol. The number of likely N-dealkylation sites (tertiary alicyclic amines) is 1. The van der Waals surface area contributed by atoms with Crippen molar-refractivity contribution in [1.82, 2.24) is 4.31 Å². The average molecular weight is 526 g/mol. The number of hydrogen-bond acceptors (Lipinski definition) is 6. The lowest BCUT2D eigenvalue weighted by molar-refractivity contribution is -0.891. The Kier molecular flexibility index (Phi) is 8.54. The Labute approximate surface area is 216 Å². The van der Waals surface area contributed by atoms with Crippen LogP contribution in [-0.4, -0.2) is 55.1 Å². The smallest absolute Gasteiger partial charge is 0.426 e. The first-order valence-corrected chi connectivity index (χ1v) is 13.3. The van der Waals surface area contributed by atoms with E-state index in [4.69, 9.17) is 9.47 Å². The molecule has 1 aliphatic heterocycles. The molecular formula is C27H29N2O7S+. The molecule has 194 valence electrons. The van der Waals surface area contributed by atoms with Crippen LogP contribution in [-0.2, 0) is 26.4 Å². The summed E-state index contributed by atoms with van der Waals surface area (Å²) in [5, 5.41) is 0. The van der Waals surface area contributed by atoms with Crippen molar-refractivity contribution in [2.24, 2.45) is 0 Å². The Bertz CT molecular complexity index is 1290. The van der Waals surface area contributed by atoms with Crippen LogP contribution in [0.1, 0.15) is 33.9 Å². The maximum absolute atomic E-state index is 13.0. The molecule has 1 saturated heterocycles. The molecule has 0 bridgehead atoms. The third kappa shape index (κ3) is 7.16. The third-order valence-electron chi connectivity index (χ3n) is 6.20. The fourth-order valence-corrected chi connectivity index (χ4v) is 5.18. The predicted octanol–water partition coefficient (Wildman–Crippen LogP) is 2.68. The van der Waals surface area contributed by atoms with Crippen LogP contribution in [0.3, 0.4) is 0 Å². The Morgan fingerprint density at radius 1 is 0.946 bits per heavy atom. The molecule has 0 radical (unpaired) electrons. The molecule has 1 aliphatic rings. The minimum atomic E-state index is -4.97. The van der Waals surface area contributed by atoms with Gasteiger partial charge in [0.1, 0.15) is 25.7 Å². The van der Waals surface area contributed by atoms with Gasteiger partial charge >= 0.3 is 22.4 Å². The zero-order chi connectivity index (χ0) is 26.3. The summed E-state index contributed by atoms with van der Waals surface area (Å²) in [6.45, 7) is 1.03. The number of nitrogens with one attached hydrogen (secondary N) is 1. The summed E-state index contributed by atoms with van der Waals surface area (Å²) in [6, 6.07) is 25.1. The molecule has 1 amide bonds. The molecule has 3 aromatic rings.